The van der Waals surface area contributed by atoms with Crippen LogP contribution in [0.15, 0.2) is 29.3 Å². The normalized spacial score (nSPS) is 23.4. The quantitative estimate of drug-likeness (QED) is 0.570. The molecule has 1 aliphatic carbocycles. The van der Waals surface area contributed by atoms with Crippen LogP contribution in [0, 0.1) is 5.82 Å². The number of thioether (sulfide) groups is 1. The summed E-state index contributed by atoms with van der Waals surface area (Å²) in [6, 6.07) is 6.46. The Morgan fingerprint density at radius 1 is 1.48 bits per heavy atom. The molecule has 2 rings (SSSR count). The van der Waals surface area contributed by atoms with Crippen molar-refractivity contribution in [1.82, 2.24) is 10.6 Å². The van der Waals surface area contributed by atoms with E-state index in [0.29, 0.717) is 29.4 Å². The molecule has 0 bridgehead atoms. The predicted molar refractivity (Wildman–Crippen MR) is 95.4 cm³/mol. The van der Waals surface area contributed by atoms with Gasteiger partial charge in [-0.2, -0.15) is 11.8 Å². The molecule has 128 valence electrons. The van der Waals surface area contributed by atoms with Crippen LogP contribution in [0.5, 0.6) is 0 Å². The number of nitrogens with one attached hydrogen (secondary N) is 2. The molecule has 0 heterocycles. The van der Waals surface area contributed by atoms with Gasteiger partial charge in [0.05, 0.1) is 6.10 Å². The highest BCUT2D eigenvalue weighted by Gasteiger charge is 2.22. The molecular weight excluding hydrogens is 313 g/mol. The average molecular weight is 339 g/mol. The first-order valence-electron chi connectivity index (χ1n) is 8.06. The largest absolute Gasteiger partial charge is 0.387 e. The molecule has 3 unspecified atom stereocenters. The van der Waals surface area contributed by atoms with E-state index in [-0.39, 0.29) is 5.82 Å². The van der Waals surface area contributed by atoms with Gasteiger partial charge in [-0.15, -0.1) is 0 Å². The Bertz CT molecular complexity index is 526. The molecule has 0 saturated heterocycles. The summed E-state index contributed by atoms with van der Waals surface area (Å²) >= 11 is 1.93. The third-order valence-corrected chi connectivity index (χ3v) is 5.32. The van der Waals surface area contributed by atoms with Crippen LogP contribution < -0.4 is 10.6 Å². The van der Waals surface area contributed by atoms with Crippen LogP contribution in [-0.2, 0) is 0 Å². The van der Waals surface area contributed by atoms with Gasteiger partial charge in [0.25, 0.3) is 0 Å². The van der Waals surface area contributed by atoms with Crippen molar-refractivity contribution in [1.29, 1.82) is 0 Å². The fraction of sp³-hybridized carbons (Fsp3) is 0.588. The van der Waals surface area contributed by atoms with Crippen molar-refractivity contribution >= 4 is 17.7 Å². The van der Waals surface area contributed by atoms with Gasteiger partial charge >= 0.3 is 0 Å². The summed E-state index contributed by atoms with van der Waals surface area (Å²) in [6.45, 7) is 0.293. The Hall–Kier alpha value is -1.27. The number of rotatable bonds is 5. The topological polar surface area (TPSA) is 56.7 Å². The number of aliphatic imine (C=N–C) groups is 1. The van der Waals surface area contributed by atoms with E-state index < -0.39 is 6.10 Å². The Labute approximate surface area is 142 Å². The molecule has 0 aromatic heterocycles. The third-order valence-electron chi connectivity index (χ3n) is 4.22. The molecule has 1 aliphatic rings. The molecule has 1 fully saturated rings. The third kappa shape index (κ3) is 5.70. The Morgan fingerprint density at radius 2 is 2.30 bits per heavy atom. The molecule has 1 aromatic rings. The second-order valence-corrected chi connectivity index (χ2v) is 7.03. The lowest BCUT2D eigenvalue weighted by Gasteiger charge is -2.30. The zero-order valence-electron chi connectivity index (χ0n) is 13.8. The molecule has 23 heavy (non-hydrogen) atoms. The molecule has 4 nitrogen and oxygen atoms in total. The molecular formula is C17H26FN3OS. The van der Waals surface area contributed by atoms with E-state index in [1.807, 2.05) is 11.8 Å². The number of hydrogen-bond donors (Lipinski definition) is 3. The number of benzene rings is 1. The summed E-state index contributed by atoms with van der Waals surface area (Å²) in [5.41, 5.74) is 0.563. The van der Waals surface area contributed by atoms with Crippen molar-refractivity contribution in [2.24, 2.45) is 4.99 Å². The predicted octanol–water partition coefficient (Wildman–Crippen LogP) is 2.70. The lowest BCUT2D eigenvalue weighted by molar-refractivity contribution is 0.180. The van der Waals surface area contributed by atoms with Crippen LogP contribution in [0.4, 0.5) is 4.39 Å². The first-order valence-corrected chi connectivity index (χ1v) is 9.34. The summed E-state index contributed by atoms with van der Waals surface area (Å²) in [5, 5.41) is 17.4. The monoisotopic (exact) mass is 339 g/mol. The standard InChI is InChI=1S/C17H26FN3OS/c1-19-17(21-14-7-4-8-15(10-14)23-2)20-11-16(22)12-5-3-6-13(18)9-12/h3,5-6,9,14-16,22H,4,7-8,10-11H2,1-2H3,(H2,19,20,21). The molecule has 3 N–H and O–H groups in total. The first-order chi connectivity index (χ1) is 11.1. The number of aliphatic hydroxyl groups is 1. The van der Waals surface area contributed by atoms with Crippen LogP contribution in [0.25, 0.3) is 0 Å². The lowest BCUT2D eigenvalue weighted by Crippen LogP contribution is -2.46. The van der Waals surface area contributed by atoms with Crippen molar-refractivity contribution < 1.29 is 9.50 Å². The number of guanidine groups is 1. The van der Waals surface area contributed by atoms with E-state index in [9.17, 15) is 9.50 Å². The van der Waals surface area contributed by atoms with Crippen molar-refractivity contribution in [3.63, 3.8) is 0 Å². The number of hydrogen-bond acceptors (Lipinski definition) is 3. The van der Waals surface area contributed by atoms with E-state index >= 15 is 0 Å². The van der Waals surface area contributed by atoms with E-state index in [2.05, 4.69) is 21.9 Å². The molecule has 0 aliphatic heterocycles. The summed E-state index contributed by atoms with van der Waals surface area (Å²) in [7, 11) is 1.72. The Balaban J connectivity index is 1.83. The minimum atomic E-state index is -0.769. The number of halogens is 1. The minimum absolute atomic E-state index is 0.293. The summed E-state index contributed by atoms with van der Waals surface area (Å²) < 4.78 is 13.2. The number of aliphatic hydroxyl groups excluding tert-OH is 1. The van der Waals surface area contributed by atoms with Gasteiger partial charge in [0, 0.05) is 24.9 Å². The molecule has 0 amide bonds. The van der Waals surface area contributed by atoms with Crippen molar-refractivity contribution in [3.05, 3.63) is 35.6 Å². The SMILES string of the molecule is CN=C(NCC(O)c1cccc(F)c1)NC1CCCC(SC)C1. The van der Waals surface area contributed by atoms with Crippen LogP contribution in [0.2, 0.25) is 0 Å². The van der Waals surface area contributed by atoms with Gasteiger partial charge in [-0.1, -0.05) is 18.6 Å². The van der Waals surface area contributed by atoms with Crippen LogP contribution in [-0.4, -0.2) is 42.2 Å². The maximum absolute atomic E-state index is 13.2. The fourth-order valence-corrected chi connectivity index (χ4v) is 3.73. The van der Waals surface area contributed by atoms with Gasteiger partial charge in [-0.05, 0) is 43.2 Å². The van der Waals surface area contributed by atoms with Gasteiger partial charge in [0.15, 0.2) is 5.96 Å². The number of nitrogens with zero attached hydrogens (tertiary/aromatic N) is 1. The van der Waals surface area contributed by atoms with Crippen LogP contribution in [0.3, 0.4) is 0 Å². The first kappa shape index (κ1) is 18.1. The second kappa shape index (κ2) is 9.13. The Kier molecular flexibility index (Phi) is 7.17. The van der Waals surface area contributed by atoms with E-state index in [1.54, 1.807) is 19.2 Å². The van der Waals surface area contributed by atoms with Crippen molar-refractivity contribution in [2.75, 3.05) is 19.8 Å². The molecule has 0 radical (unpaired) electrons. The van der Waals surface area contributed by atoms with Gasteiger partial charge in [0.2, 0.25) is 0 Å². The van der Waals surface area contributed by atoms with E-state index in [4.69, 9.17) is 0 Å². The minimum Gasteiger partial charge on any atom is -0.387 e. The zero-order chi connectivity index (χ0) is 16.7. The van der Waals surface area contributed by atoms with Gasteiger partial charge in [-0.3, -0.25) is 4.99 Å². The maximum atomic E-state index is 13.2. The van der Waals surface area contributed by atoms with Crippen LogP contribution in [0.1, 0.15) is 37.4 Å². The second-order valence-electron chi connectivity index (χ2n) is 5.89. The lowest BCUT2D eigenvalue weighted by atomic mass is 9.95. The highest BCUT2D eigenvalue weighted by molar-refractivity contribution is 7.99. The van der Waals surface area contributed by atoms with Gasteiger partial charge < -0.3 is 15.7 Å². The Morgan fingerprint density at radius 3 is 3.00 bits per heavy atom. The van der Waals surface area contributed by atoms with Gasteiger partial charge in [-0.25, -0.2) is 4.39 Å². The summed E-state index contributed by atoms with van der Waals surface area (Å²) in [6.07, 6.45) is 6.18. The highest BCUT2D eigenvalue weighted by Crippen LogP contribution is 2.26. The molecule has 0 spiro atoms. The smallest absolute Gasteiger partial charge is 0.191 e. The van der Waals surface area contributed by atoms with E-state index in [0.717, 1.165) is 12.8 Å². The summed E-state index contributed by atoms with van der Waals surface area (Å²) in [5.74, 6) is 0.349. The molecule has 1 aromatic carbocycles. The fourth-order valence-electron chi connectivity index (χ4n) is 2.90. The van der Waals surface area contributed by atoms with Crippen LogP contribution >= 0.6 is 11.8 Å². The maximum Gasteiger partial charge on any atom is 0.191 e. The van der Waals surface area contributed by atoms with Gasteiger partial charge in [0.1, 0.15) is 5.82 Å². The van der Waals surface area contributed by atoms with Crippen molar-refractivity contribution in [2.45, 2.75) is 43.1 Å². The highest BCUT2D eigenvalue weighted by atomic mass is 32.2. The summed E-state index contributed by atoms with van der Waals surface area (Å²) in [4.78, 5) is 4.22. The molecule has 3 atom stereocenters. The zero-order valence-corrected chi connectivity index (χ0v) is 14.6. The van der Waals surface area contributed by atoms with E-state index in [1.165, 1.54) is 25.0 Å². The molecule has 1 saturated carbocycles. The molecule has 6 heteroatoms. The average Bonchev–Trinajstić information content (AvgIpc) is 2.58. The van der Waals surface area contributed by atoms with Crippen molar-refractivity contribution in [3.8, 4) is 0 Å².